The van der Waals surface area contributed by atoms with Gasteiger partial charge in [-0.15, -0.1) is 0 Å². The van der Waals surface area contributed by atoms with E-state index in [0.717, 1.165) is 44.9 Å². The molecule has 3 fully saturated rings. The van der Waals surface area contributed by atoms with Gasteiger partial charge < -0.3 is 14.8 Å². The van der Waals surface area contributed by atoms with Gasteiger partial charge in [-0.2, -0.15) is 0 Å². The van der Waals surface area contributed by atoms with E-state index in [1.165, 1.54) is 5.57 Å². The fraction of sp³-hybridized carbons (Fsp3) is 0.815. The van der Waals surface area contributed by atoms with Crippen LogP contribution in [0.1, 0.15) is 92.4 Å². The molecule has 0 aromatic heterocycles. The molecule has 0 aromatic rings. The summed E-state index contributed by atoms with van der Waals surface area (Å²) in [5, 5.41) is 3.17. The SMILES string of the molecule is CCC(=O)O[C@H]1CC[C@@]2(C)C(=CC[C@@H]3[C@H]4C[C@@H](OC(=O)CC)[C@@H](NC(C)=O)[C@@]4(C)CC[C@H]32)C1. The Morgan fingerprint density at radius 2 is 1.73 bits per heavy atom. The first kappa shape index (κ1) is 24.3. The molecule has 3 saturated carbocycles. The molecule has 0 bridgehead atoms. The molecule has 0 heterocycles. The zero-order valence-electron chi connectivity index (χ0n) is 20.9. The summed E-state index contributed by atoms with van der Waals surface area (Å²) in [4.78, 5) is 36.1. The molecule has 0 unspecified atom stereocenters. The molecule has 4 aliphatic rings. The van der Waals surface area contributed by atoms with Crippen LogP contribution >= 0.6 is 0 Å². The largest absolute Gasteiger partial charge is 0.462 e. The van der Waals surface area contributed by atoms with Crippen molar-refractivity contribution in [1.29, 1.82) is 0 Å². The van der Waals surface area contributed by atoms with Crippen molar-refractivity contribution < 1.29 is 23.9 Å². The highest BCUT2D eigenvalue weighted by Crippen LogP contribution is 2.65. The average molecular weight is 460 g/mol. The quantitative estimate of drug-likeness (QED) is 0.476. The Kier molecular flexibility index (Phi) is 6.67. The predicted octanol–water partition coefficient (Wildman–Crippen LogP) is 4.71. The maximum atomic E-state index is 12.2. The first-order valence-corrected chi connectivity index (χ1v) is 13.0. The molecule has 4 rings (SSSR count). The van der Waals surface area contributed by atoms with Crippen molar-refractivity contribution >= 4 is 17.8 Å². The minimum absolute atomic E-state index is 0.00986. The first-order chi connectivity index (χ1) is 15.6. The number of hydrogen-bond acceptors (Lipinski definition) is 5. The molecule has 0 aliphatic heterocycles. The summed E-state index contributed by atoms with van der Waals surface area (Å²) in [7, 11) is 0. The molecular formula is C27H41NO5. The maximum absolute atomic E-state index is 12.2. The smallest absolute Gasteiger partial charge is 0.305 e. The molecule has 4 aliphatic carbocycles. The van der Waals surface area contributed by atoms with E-state index >= 15 is 0 Å². The number of amides is 1. The molecule has 1 N–H and O–H groups in total. The zero-order chi connectivity index (χ0) is 24.0. The number of carbonyl (C=O) groups excluding carboxylic acids is 3. The summed E-state index contributed by atoms with van der Waals surface area (Å²) in [6, 6.07) is -0.126. The van der Waals surface area contributed by atoms with Crippen LogP contribution in [0.25, 0.3) is 0 Å². The second-order valence-corrected chi connectivity index (χ2v) is 11.3. The molecule has 8 atom stereocenters. The highest BCUT2D eigenvalue weighted by molar-refractivity contribution is 5.74. The van der Waals surface area contributed by atoms with Gasteiger partial charge in [-0.3, -0.25) is 14.4 Å². The second kappa shape index (κ2) is 9.07. The van der Waals surface area contributed by atoms with Gasteiger partial charge in [-0.25, -0.2) is 0 Å². The molecule has 0 spiro atoms. The van der Waals surface area contributed by atoms with Gasteiger partial charge in [0.25, 0.3) is 0 Å². The molecule has 0 saturated heterocycles. The second-order valence-electron chi connectivity index (χ2n) is 11.3. The van der Waals surface area contributed by atoms with Crippen LogP contribution in [0.5, 0.6) is 0 Å². The van der Waals surface area contributed by atoms with Gasteiger partial charge in [0.05, 0.1) is 6.04 Å². The fourth-order valence-electron chi connectivity index (χ4n) is 7.83. The van der Waals surface area contributed by atoms with Crippen LogP contribution < -0.4 is 5.32 Å². The molecule has 6 heteroatoms. The highest BCUT2D eigenvalue weighted by Gasteiger charge is 2.62. The summed E-state index contributed by atoms with van der Waals surface area (Å²) in [5.74, 6) is 1.17. The summed E-state index contributed by atoms with van der Waals surface area (Å²) in [6.45, 7) is 9.95. The highest BCUT2D eigenvalue weighted by atomic mass is 16.5. The number of carbonyl (C=O) groups is 3. The lowest BCUT2D eigenvalue weighted by Gasteiger charge is -2.57. The fourth-order valence-corrected chi connectivity index (χ4v) is 7.83. The normalized spacial score (nSPS) is 41.7. The predicted molar refractivity (Wildman–Crippen MR) is 125 cm³/mol. The summed E-state index contributed by atoms with van der Waals surface area (Å²) in [5.41, 5.74) is 1.54. The third kappa shape index (κ3) is 4.23. The van der Waals surface area contributed by atoms with E-state index in [4.69, 9.17) is 9.47 Å². The molecule has 6 nitrogen and oxygen atoms in total. The van der Waals surface area contributed by atoms with Crippen molar-refractivity contribution in [2.45, 2.75) is 111 Å². The Hall–Kier alpha value is -1.85. The average Bonchev–Trinajstić information content (AvgIpc) is 3.04. The molecule has 1 amide bonds. The number of rotatable bonds is 5. The number of ether oxygens (including phenoxy) is 2. The van der Waals surface area contributed by atoms with Crippen LogP contribution in [0.4, 0.5) is 0 Å². The van der Waals surface area contributed by atoms with E-state index in [0.29, 0.717) is 30.6 Å². The van der Waals surface area contributed by atoms with Crippen LogP contribution in [0, 0.1) is 28.6 Å². The summed E-state index contributed by atoms with van der Waals surface area (Å²) >= 11 is 0. The van der Waals surface area contributed by atoms with Crippen LogP contribution in [0.3, 0.4) is 0 Å². The van der Waals surface area contributed by atoms with Crippen molar-refractivity contribution in [1.82, 2.24) is 5.32 Å². The molecule has 0 aromatic carbocycles. The van der Waals surface area contributed by atoms with Crippen LogP contribution in [0.15, 0.2) is 11.6 Å². The molecule has 0 radical (unpaired) electrons. The number of hydrogen-bond donors (Lipinski definition) is 1. The third-order valence-electron chi connectivity index (χ3n) is 9.58. The maximum Gasteiger partial charge on any atom is 0.305 e. The monoisotopic (exact) mass is 459 g/mol. The van der Waals surface area contributed by atoms with Gasteiger partial charge >= 0.3 is 11.9 Å². The number of nitrogens with one attached hydrogen (secondary N) is 1. The number of esters is 2. The van der Waals surface area contributed by atoms with E-state index in [2.05, 4.69) is 25.2 Å². The van der Waals surface area contributed by atoms with Crippen molar-refractivity contribution in [3.8, 4) is 0 Å². The zero-order valence-corrected chi connectivity index (χ0v) is 20.9. The standard InChI is InChI=1S/C27H41NO5/c1-6-23(30)32-18-10-12-26(4)17(14-18)8-9-19-20(26)11-13-27(5)21(19)15-22(33-24(31)7-2)25(27)28-16(3)29/h8,18-22,25H,6-7,9-15H2,1-5H3,(H,28,29)/t18-,19-,20+,21+,22+,25+,26-,27-/m0/s1. The van der Waals surface area contributed by atoms with E-state index in [1.54, 1.807) is 6.92 Å². The Labute approximate surface area is 198 Å². The van der Waals surface area contributed by atoms with Crippen molar-refractivity contribution in [2.75, 3.05) is 0 Å². The molecular weight excluding hydrogens is 418 g/mol. The summed E-state index contributed by atoms with van der Waals surface area (Å²) in [6.07, 6.45) is 9.79. The van der Waals surface area contributed by atoms with Crippen LogP contribution in [0.2, 0.25) is 0 Å². The first-order valence-electron chi connectivity index (χ1n) is 13.0. The van der Waals surface area contributed by atoms with E-state index in [1.807, 2.05) is 13.8 Å². The Balaban J connectivity index is 1.58. The van der Waals surface area contributed by atoms with Gasteiger partial charge in [-0.1, -0.05) is 39.3 Å². The van der Waals surface area contributed by atoms with Crippen molar-refractivity contribution in [3.63, 3.8) is 0 Å². The topological polar surface area (TPSA) is 81.7 Å². The number of fused-ring (bicyclic) bond motifs is 5. The van der Waals surface area contributed by atoms with E-state index in [9.17, 15) is 14.4 Å². The number of allylic oxidation sites excluding steroid dienone is 1. The lowest BCUT2D eigenvalue weighted by Crippen LogP contribution is -2.55. The van der Waals surface area contributed by atoms with E-state index < -0.39 is 0 Å². The Morgan fingerprint density at radius 3 is 2.39 bits per heavy atom. The van der Waals surface area contributed by atoms with Crippen LogP contribution in [-0.2, 0) is 23.9 Å². The summed E-state index contributed by atoms with van der Waals surface area (Å²) < 4.78 is 11.6. The minimum Gasteiger partial charge on any atom is -0.462 e. The van der Waals surface area contributed by atoms with Crippen molar-refractivity contribution in [3.05, 3.63) is 11.6 Å². The minimum atomic E-state index is -0.252. The van der Waals surface area contributed by atoms with Gasteiger partial charge in [-0.05, 0) is 67.1 Å². The molecule has 184 valence electrons. The molecule has 33 heavy (non-hydrogen) atoms. The Morgan fingerprint density at radius 1 is 1.03 bits per heavy atom. The van der Waals surface area contributed by atoms with Gasteiger partial charge in [0.1, 0.15) is 12.2 Å². The van der Waals surface area contributed by atoms with Gasteiger partial charge in [0.2, 0.25) is 5.91 Å². The Bertz CT molecular complexity index is 836. The lowest BCUT2D eigenvalue weighted by atomic mass is 9.48. The van der Waals surface area contributed by atoms with E-state index in [-0.39, 0.29) is 46.9 Å². The van der Waals surface area contributed by atoms with Crippen molar-refractivity contribution in [2.24, 2.45) is 28.6 Å². The van der Waals surface area contributed by atoms with Gasteiger partial charge in [0, 0.05) is 26.2 Å². The third-order valence-corrected chi connectivity index (χ3v) is 9.58. The van der Waals surface area contributed by atoms with Gasteiger partial charge in [0.15, 0.2) is 0 Å². The lowest BCUT2D eigenvalue weighted by molar-refractivity contribution is -0.151. The van der Waals surface area contributed by atoms with Crippen LogP contribution in [-0.4, -0.2) is 36.1 Å².